The van der Waals surface area contributed by atoms with Crippen LogP contribution in [0, 0.1) is 11.8 Å². The quantitative estimate of drug-likeness (QED) is 0.929. The second-order valence-corrected chi connectivity index (χ2v) is 7.16. The van der Waals surface area contributed by atoms with Crippen LogP contribution in [0.25, 0.3) is 0 Å². The Balaban J connectivity index is 1.57. The summed E-state index contributed by atoms with van der Waals surface area (Å²) >= 11 is 0. The number of hydrogen-bond donors (Lipinski definition) is 1. The Bertz CT molecular complexity index is 525. The Morgan fingerprint density at radius 2 is 2.00 bits per heavy atom. The highest BCUT2D eigenvalue weighted by Gasteiger charge is 2.42. The monoisotopic (exact) mass is 300 g/mol. The van der Waals surface area contributed by atoms with E-state index in [4.69, 9.17) is 5.73 Å². The van der Waals surface area contributed by atoms with E-state index in [-0.39, 0.29) is 5.92 Å². The number of amides is 1. The lowest BCUT2D eigenvalue weighted by atomic mass is 9.96. The first-order valence-corrected chi connectivity index (χ1v) is 8.70. The van der Waals surface area contributed by atoms with Gasteiger partial charge in [-0.3, -0.25) is 4.79 Å². The fraction of sp³-hybridized carbons (Fsp3) is 0.632. The molecule has 0 spiro atoms. The highest BCUT2D eigenvalue weighted by atomic mass is 16.2. The van der Waals surface area contributed by atoms with E-state index in [0.717, 1.165) is 25.9 Å². The zero-order valence-corrected chi connectivity index (χ0v) is 13.8. The number of nitrogens with two attached hydrogens (primary N) is 1. The van der Waals surface area contributed by atoms with Gasteiger partial charge in [-0.15, -0.1) is 0 Å². The van der Waals surface area contributed by atoms with Crippen LogP contribution in [0.15, 0.2) is 24.3 Å². The number of carbonyl (C=O) groups excluding carboxylic acids is 1. The van der Waals surface area contributed by atoms with Crippen molar-refractivity contribution in [1.29, 1.82) is 0 Å². The van der Waals surface area contributed by atoms with Crippen molar-refractivity contribution in [3.05, 3.63) is 35.4 Å². The Labute approximate surface area is 133 Å². The standard InChI is InChI=1S/C19H28N2O/c1-3-14-4-6-15(7-5-14)13(2)10-19(22)21-11-16-8-9-18(20)17(16)12-21/h4-7,13,16-18H,3,8-12,20H2,1-2H3. The number of likely N-dealkylation sites (tertiary alicyclic amines) is 1. The average Bonchev–Trinajstić information content (AvgIpc) is 3.10. The van der Waals surface area contributed by atoms with Crippen molar-refractivity contribution in [2.45, 2.75) is 51.5 Å². The number of hydrogen-bond acceptors (Lipinski definition) is 2. The molecule has 2 fully saturated rings. The summed E-state index contributed by atoms with van der Waals surface area (Å²) < 4.78 is 0. The van der Waals surface area contributed by atoms with E-state index < -0.39 is 0 Å². The molecule has 22 heavy (non-hydrogen) atoms. The molecule has 0 radical (unpaired) electrons. The smallest absolute Gasteiger partial charge is 0.223 e. The van der Waals surface area contributed by atoms with Gasteiger partial charge < -0.3 is 10.6 Å². The minimum Gasteiger partial charge on any atom is -0.342 e. The molecule has 0 aromatic heterocycles. The molecule has 120 valence electrons. The highest BCUT2D eigenvalue weighted by molar-refractivity contribution is 5.77. The van der Waals surface area contributed by atoms with E-state index in [9.17, 15) is 4.79 Å². The molecule has 4 unspecified atom stereocenters. The summed E-state index contributed by atoms with van der Waals surface area (Å²) in [5, 5.41) is 0. The number of nitrogens with zero attached hydrogens (tertiary/aromatic N) is 1. The van der Waals surface area contributed by atoms with Gasteiger partial charge in [0.15, 0.2) is 0 Å². The normalized spacial score (nSPS) is 28.7. The first kappa shape index (κ1) is 15.5. The van der Waals surface area contributed by atoms with Gasteiger partial charge in [-0.2, -0.15) is 0 Å². The second-order valence-electron chi connectivity index (χ2n) is 7.16. The van der Waals surface area contributed by atoms with Gasteiger partial charge in [-0.25, -0.2) is 0 Å². The number of carbonyl (C=O) groups is 1. The van der Waals surface area contributed by atoms with Crippen LogP contribution in [0.1, 0.15) is 50.2 Å². The molecule has 3 nitrogen and oxygen atoms in total. The van der Waals surface area contributed by atoms with Gasteiger partial charge in [0.1, 0.15) is 0 Å². The van der Waals surface area contributed by atoms with Crippen LogP contribution in [0.4, 0.5) is 0 Å². The molecular formula is C19H28N2O. The fourth-order valence-electron chi connectivity index (χ4n) is 4.10. The van der Waals surface area contributed by atoms with E-state index in [0.29, 0.717) is 30.2 Å². The summed E-state index contributed by atoms with van der Waals surface area (Å²) in [6.45, 7) is 6.13. The summed E-state index contributed by atoms with van der Waals surface area (Å²) in [5.74, 6) is 1.78. The van der Waals surface area contributed by atoms with E-state index in [1.807, 2.05) is 0 Å². The molecular weight excluding hydrogens is 272 g/mol. The number of benzene rings is 1. The van der Waals surface area contributed by atoms with Gasteiger partial charge >= 0.3 is 0 Å². The van der Waals surface area contributed by atoms with Crippen molar-refractivity contribution in [3.8, 4) is 0 Å². The Hall–Kier alpha value is -1.35. The van der Waals surface area contributed by atoms with E-state index >= 15 is 0 Å². The van der Waals surface area contributed by atoms with Crippen LogP contribution in [-0.4, -0.2) is 29.9 Å². The molecule has 2 N–H and O–H groups in total. The molecule has 1 aliphatic carbocycles. The van der Waals surface area contributed by atoms with E-state index in [2.05, 4.69) is 43.0 Å². The largest absolute Gasteiger partial charge is 0.342 e. The highest BCUT2D eigenvalue weighted by Crippen LogP contribution is 2.37. The second kappa shape index (κ2) is 6.41. The van der Waals surface area contributed by atoms with Crippen LogP contribution in [0.2, 0.25) is 0 Å². The maximum atomic E-state index is 12.6. The van der Waals surface area contributed by atoms with Crippen LogP contribution < -0.4 is 5.73 Å². The molecule has 1 aromatic rings. The third-order valence-electron chi connectivity index (χ3n) is 5.70. The SMILES string of the molecule is CCc1ccc(C(C)CC(=O)N2CC3CCC(N)C3C2)cc1. The van der Waals surface area contributed by atoms with E-state index in [1.54, 1.807) is 0 Å². The molecule has 3 heteroatoms. The Kier molecular flexibility index (Phi) is 4.53. The molecule has 4 atom stereocenters. The predicted octanol–water partition coefficient (Wildman–Crippen LogP) is 2.94. The lowest BCUT2D eigenvalue weighted by molar-refractivity contribution is -0.130. The molecule has 1 amide bonds. The Morgan fingerprint density at radius 3 is 2.64 bits per heavy atom. The maximum absolute atomic E-state index is 12.6. The minimum atomic E-state index is 0.285. The zero-order chi connectivity index (χ0) is 15.7. The molecule has 1 aromatic carbocycles. The van der Waals surface area contributed by atoms with Gasteiger partial charge in [0.25, 0.3) is 0 Å². The lowest BCUT2D eigenvalue weighted by Gasteiger charge is -2.21. The van der Waals surface area contributed by atoms with Crippen molar-refractivity contribution in [2.24, 2.45) is 17.6 Å². The molecule has 0 bridgehead atoms. The van der Waals surface area contributed by atoms with Gasteiger partial charge in [-0.05, 0) is 48.1 Å². The van der Waals surface area contributed by atoms with Crippen LogP contribution in [0.3, 0.4) is 0 Å². The Morgan fingerprint density at radius 1 is 1.27 bits per heavy atom. The topological polar surface area (TPSA) is 46.3 Å². The fourth-order valence-corrected chi connectivity index (χ4v) is 4.10. The first-order chi connectivity index (χ1) is 10.6. The molecule has 1 saturated heterocycles. The minimum absolute atomic E-state index is 0.285. The molecule has 1 aliphatic heterocycles. The van der Waals surface area contributed by atoms with Crippen molar-refractivity contribution in [1.82, 2.24) is 4.90 Å². The molecule has 2 aliphatic rings. The maximum Gasteiger partial charge on any atom is 0.223 e. The van der Waals surface area contributed by atoms with Crippen molar-refractivity contribution in [2.75, 3.05) is 13.1 Å². The third kappa shape index (κ3) is 3.05. The summed E-state index contributed by atoms with van der Waals surface area (Å²) in [6.07, 6.45) is 4.01. The average molecular weight is 300 g/mol. The summed E-state index contributed by atoms with van der Waals surface area (Å²) in [6, 6.07) is 9.00. The molecule has 1 heterocycles. The van der Waals surface area contributed by atoms with Crippen molar-refractivity contribution in [3.63, 3.8) is 0 Å². The van der Waals surface area contributed by atoms with Gasteiger partial charge in [-0.1, -0.05) is 38.1 Å². The van der Waals surface area contributed by atoms with Gasteiger partial charge in [0, 0.05) is 25.6 Å². The van der Waals surface area contributed by atoms with Crippen LogP contribution in [0.5, 0.6) is 0 Å². The predicted molar refractivity (Wildman–Crippen MR) is 89.6 cm³/mol. The third-order valence-corrected chi connectivity index (χ3v) is 5.70. The molecule has 3 rings (SSSR count). The number of rotatable bonds is 4. The summed E-state index contributed by atoms with van der Waals surface area (Å²) in [5.41, 5.74) is 8.78. The lowest BCUT2D eigenvalue weighted by Crippen LogP contribution is -2.33. The zero-order valence-electron chi connectivity index (χ0n) is 13.8. The summed E-state index contributed by atoms with van der Waals surface area (Å²) in [4.78, 5) is 14.6. The number of fused-ring (bicyclic) bond motifs is 1. The first-order valence-electron chi connectivity index (χ1n) is 8.70. The van der Waals surface area contributed by atoms with E-state index in [1.165, 1.54) is 17.5 Å². The van der Waals surface area contributed by atoms with Gasteiger partial charge in [0.05, 0.1) is 0 Å². The molecule has 1 saturated carbocycles. The summed E-state index contributed by atoms with van der Waals surface area (Å²) in [7, 11) is 0. The van der Waals surface area contributed by atoms with Crippen molar-refractivity contribution < 1.29 is 4.79 Å². The van der Waals surface area contributed by atoms with Crippen LogP contribution >= 0.6 is 0 Å². The number of aryl methyl sites for hydroxylation is 1. The van der Waals surface area contributed by atoms with Crippen molar-refractivity contribution >= 4 is 5.91 Å². The van der Waals surface area contributed by atoms with Crippen LogP contribution in [-0.2, 0) is 11.2 Å². The van der Waals surface area contributed by atoms with Gasteiger partial charge in [0.2, 0.25) is 5.91 Å².